The van der Waals surface area contributed by atoms with Crippen LogP contribution in [0.1, 0.15) is 21.5 Å². The quantitative estimate of drug-likeness (QED) is 0.809. The number of carbonyl (C=O) groups is 1. The molecule has 1 N–H and O–H groups in total. The van der Waals surface area contributed by atoms with Crippen LogP contribution in [0.5, 0.6) is 5.75 Å². The number of hydrogen-bond acceptors (Lipinski definition) is 5. The van der Waals surface area contributed by atoms with Gasteiger partial charge >= 0.3 is 5.97 Å². The fourth-order valence-corrected chi connectivity index (χ4v) is 2.96. The van der Waals surface area contributed by atoms with Gasteiger partial charge in [0.25, 0.3) is 0 Å². The maximum atomic E-state index is 12.2. The Hall–Kier alpha value is -2.38. The van der Waals surface area contributed by atoms with Gasteiger partial charge in [-0.15, -0.1) is 0 Å². The lowest BCUT2D eigenvalue weighted by atomic mass is 10.2. The molecule has 0 saturated carbocycles. The van der Waals surface area contributed by atoms with E-state index in [0.717, 1.165) is 11.1 Å². The maximum absolute atomic E-state index is 12.2. The molecule has 0 aliphatic carbocycles. The normalized spacial score (nSPS) is 11.1. The predicted molar refractivity (Wildman–Crippen MR) is 89.5 cm³/mol. The van der Waals surface area contributed by atoms with Gasteiger partial charge in [0.2, 0.25) is 10.0 Å². The van der Waals surface area contributed by atoms with Crippen molar-refractivity contribution in [2.75, 3.05) is 14.2 Å². The number of aryl methyl sites for hydroxylation is 1. The monoisotopic (exact) mass is 349 g/mol. The molecule has 2 rings (SSSR count). The van der Waals surface area contributed by atoms with E-state index in [1.165, 1.54) is 32.4 Å². The van der Waals surface area contributed by atoms with Crippen LogP contribution in [-0.4, -0.2) is 28.5 Å². The van der Waals surface area contributed by atoms with E-state index in [2.05, 4.69) is 4.72 Å². The smallest absolute Gasteiger partial charge is 0.338 e. The lowest BCUT2D eigenvalue weighted by molar-refractivity contribution is 0.0472. The Bertz CT molecular complexity index is 829. The van der Waals surface area contributed by atoms with Crippen LogP contribution in [0, 0.1) is 6.92 Å². The minimum Gasteiger partial charge on any atom is -0.495 e. The van der Waals surface area contributed by atoms with Crippen LogP contribution in [-0.2, 0) is 21.4 Å². The molecule has 2 aromatic carbocycles. The van der Waals surface area contributed by atoms with Crippen LogP contribution in [0.2, 0.25) is 0 Å². The molecule has 0 aromatic heterocycles. The topological polar surface area (TPSA) is 81.7 Å². The first-order valence-electron chi connectivity index (χ1n) is 7.21. The highest BCUT2D eigenvalue weighted by Gasteiger charge is 2.20. The molecule has 0 saturated heterocycles. The zero-order valence-electron chi connectivity index (χ0n) is 13.7. The van der Waals surface area contributed by atoms with E-state index in [4.69, 9.17) is 9.47 Å². The van der Waals surface area contributed by atoms with Crippen LogP contribution in [0.15, 0.2) is 47.4 Å². The second-order valence-corrected chi connectivity index (χ2v) is 6.99. The molecule has 0 amide bonds. The van der Waals surface area contributed by atoms with Gasteiger partial charge in [-0.1, -0.05) is 29.8 Å². The molecule has 0 heterocycles. The summed E-state index contributed by atoms with van der Waals surface area (Å²) in [6.45, 7) is 2.08. The van der Waals surface area contributed by atoms with Crippen molar-refractivity contribution >= 4 is 16.0 Å². The Morgan fingerprint density at radius 3 is 2.38 bits per heavy atom. The Morgan fingerprint density at radius 2 is 1.79 bits per heavy atom. The van der Waals surface area contributed by atoms with Crippen molar-refractivity contribution in [3.05, 3.63) is 59.2 Å². The molecule has 0 fully saturated rings. The molecule has 0 aliphatic heterocycles. The highest BCUT2D eigenvalue weighted by Crippen LogP contribution is 2.25. The van der Waals surface area contributed by atoms with Gasteiger partial charge in [-0.05, 0) is 37.7 Å². The zero-order chi connectivity index (χ0) is 17.7. The Balaban J connectivity index is 2.20. The summed E-state index contributed by atoms with van der Waals surface area (Å²) in [5, 5.41) is 0. The highest BCUT2D eigenvalue weighted by atomic mass is 32.2. The SMILES string of the molecule is CNS(=O)(=O)c1cc(C(=O)OCc2ccc(C)cc2)ccc1OC. The summed E-state index contributed by atoms with van der Waals surface area (Å²) in [5.41, 5.74) is 2.10. The zero-order valence-corrected chi connectivity index (χ0v) is 14.5. The van der Waals surface area contributed by atoms with Crippen LogP contribution in [0.3, 0.4) is 0 Å². The molecule has 128 valence electrons. The fraction of sp³-hybridized carbons (Fsp3) is 0.235. The summed E-state index contributed by atoms with van der Waals surface area (Å²) in [5.74, 6) is -0.454. The standard InChI is InChI=1S/C17H19NO5S/c1-12-4-6-13(7-5-12)11-23-17(19)14-8-9-15(22-3)16(10-14)24(20,21)18-2/h4-10,18H,11H2,1-3H3. The maximum Gasteiger partial charge on any atom is 0.338 e. The van der Waals surface area contributed by atoms with E-state index in [9.17, 15) is 13.2 Å². The number of esters is 1. The van der Waals surface area contributed by atoms with Crippen molar-refractivity contribution in [1.29, 1.82) is 0 Å². The van der Waals surface area contributed by atoms with Crippen molar-refractivity contribution in [2.45, 2.75) is 18.4 Å². The van der Waals surface area contributed by atoms with Crippen molar-refractivity contribution in [2.24, 2.45) is 0 Å². The largest absolute Gasteiger partial charge is 0.495 e. The number of carbonyl (C=O) groups excluding carboxylic acids is 1. The van der Waals surface area contributed by atoms with E-state index in [1.54, 1.807) is 0 Å². The number of ether oxygens (including phenoxy) is 2. The number of sulfonamides is 1. The Labute approximate surface area is 141 Å². The fourth-order valence-electron chi connectivity index (χ4n) is 2.04. The molecule has 24 heavy (non-hydrogen) atoms. The second kappa shape index (κ2) is 7.46. The number of nitrogens with one attached hydrogen (secondary N) is 1. The Kier molecular flexibility index (Phi) is 5.58. The van der Waals surface area contributed by atoms with Gasteiger partial charge < -0.3 is 9.47 Å². The summed E-state index contributed by atoms with van der Waals surface area (Å²) in [7, 11) is -1.10. The van der Waals surface area contributed by atoms with Gasteiger partial charge in [0.15, 0.2) is 0 Å². The molecular formula is C17H19NO5S. The first-order valence-corrected chi connectivity index (χ1v) is 8.70. The predicted octanol–water partition coefficient (Wildman–Crippen LogP) is 2.27. The summed E-state index contributed by atoms with van der Waals surface area (Å²) in [6.07, 6.45) is 0. The first kappa shape index (κ1) is 18.0. The summed E-state index contributed by atoms with van der Waals surface area (Å²) in [4.78, 5) is 12.1. The van der Waals surface area contributed by atoms with Crippen LogP contribution >= 0.6 is 0 Å². The molecule has 2 aromatic rings. The van der Waals surface area contributed by atoms with Gasteiger partial charge in [0, 0.05) is 0 Å². The van der Waals surface area contributed by atoms with Crippen LogP contribution in [0.4, 0.5) is 0 Å². The lowest BCUT2D eigenvalue weighted by Gasteiger charge is -2.11. The van der Waals surface area contributed by atoms with E-state index in [1.807, 2.05) is 31.2 Å². The van der Waals surface area contributed by atoms with E-state index in [-0.39, 0.29) is 22.8 Å². The third-order valence-electron chi connectivity index (χ3n) is 3.45. The van der Waals surface area contributed by atoms with Gasteiger partial charge in [0.05, 0.1) is 12.7 Å². The number of hydrogen-bond donors (Lipinski definition) is 1. The highest BCUT2D eigenvalue weighted by molar-refractivity contribution is 7.89. The molecule has 7 heteroatoms. The number of rotatable bonds is 6. The van der Waals surface area contributed by atoms with E-state index in [0.29, 0.717) is 0 Å². The van der Waals surface area contributed by atoms with Crippen LogP contribution < -0.4 is 9.46 Å². The minimum atomic E-state index is -3.75. The molecular weight excluding hydrogens is 330 g/mol. The summed E-state index contributed by atoms with van der Waals surface area (Å²) < 4.78 is 36.5. The second-order valence-electron chi connectivity index (χ2n) is 5.13. The molecule has 0 radical (unpaired) electrons. The van der Waals surface area contributed by atoms with E-state index >= 15 is 0 Å². The average molecular weight is 349 g/mol. The number of benzene rings is 2. The molecule has 0 unspecified atom stereocenters. The van der Waals surface area contributed by atoms with Crippen molar-refractivity contribution in [3.8, 4) is 5.75 Å². The molecule has 0 bridgehead atoms. The van der Waals surface area contributed by atoms with Crippen molar-refractivity contribution < 1.29 is 22.7 Å². The molecule has 0 aliphatic rings. The number of methoxy groups -OCH3 is 1. The third-order valence-corrected chi connectivity index (χ3v) is 4.88. The van der Waals surface area contributed by atoms with Gasteiger partial charge in [0.1, 0.15) is 17.3 Å². The third kappa shape index (κ3) is 4.12. The molecule has 0 spiro atoms. The Morgan fingerprint density at radius 1 is 1.12 bits per heavy atom. The summed E-state index contributed by atoms with van der Waals surface area (Å²) >= 11 is 0. The minimum absolute atomic E-state index is 0.110. The van der Waals surface area contributed by atoms with E-state index < -0.39 is 16.0 Å². The molecule has 0 atom stereocenters. The van der Waals surface area contributed by atoms with Crippen LogP contribution in [0.25, 0.3) is 0 Å². The van der Waals surface area contributed by atoms with Gasteiger partial charge in [-0.3, -0.25) is 0 Å². The van der Waals surface area contributed by atoms with Crippen molar-refractivity contribution in [3.63, 3.8) is 0 Å². The van der Waals surface area contributed by atoms with Gasteiger partial charge in [-0.2, -0.15) is 0 Å². The van der Waals surface area contributed by atoms with Gasteiger partial charge in [-0.25, -0.2) is 17.9 Å². The van der Waals surface area contributed by atoms with Crippen molar-refractivity contribution in [1.82, 2.24) is 4.72 Å². The molecule has 6 nitrogen and oxygen atoms in total. The average Bonchev–Trinajstić information content (AvgIpc) is 2.60. The first-order chi connectivity index (χ1) is 11.4. The lowest BCUT2D eigenvalue weighted by Crippen LogP contribution is -2.20. The summed E-state index contributed by atoms with van der Waals surface area (Å²) in [6, 6.07) is 11.7.